The highest BCUT2D eigenvalue weighted by Gasteiger charge is 2.25. The molecule has 2 aliphatic heterocycles. The Kier molecular flexibility index (Phi) is 5.11. The summed E-state index contributed by atoms with van der Waals surface area (Å²) in [6.07, 6.45) is 3.74. The van der Waals surface area contributed by atoms with E-state index in [2.05, 4.69) is 51.9 Å². The summed E-state index contributed by atoms with van der Waals surface area (Å²) < 4.78 is 11.1. The number of anilines is 1. The number of rotatable bonds is 4. The van der Waals surface area contributed by atoms with Gasteiger partial charge in [0.05, 0.1) is 37.3 Å². The van der Waals surface area contributed by atoms with Gasteiger partial charge in [-0.15, -0.1) is 0 Å². The topological polar surface area (TPSA) is 72.7 Å². The molecule has 158 valence electrons. The molecule has 1 saturated heterocycles. The number of nitrogens with zero attached hydrogens (tertiary/aromatic N) is 5. The first-order valence-corrected chi connectivity index (χ1v) is 10.5. The number of aromatic nitrogens is 3. The smallest absolute Gasteiger partial charge is 0.213 e. The van der Waals surface area contributed by atoms with Crippen LogP contribution in [0.1, 0.15) is 30.7 Å². The number of hydrogen-bond donors (Lipinski definition) is 0. The number of morpholine rings is 1. The van der Waals surface area contributed by atoms with Crippen LogP contribution in [0.25, 0.3) is 11.1 Å². The molecule has 0 aliphatic carbocycles. The summed E-state index contributed by atoms with van der Waals surface area (Å²) in [5.74, 6) is 1.51. The molecule has 0 amide bonds. The Morgan fingerprint density at radius 1 is 0.968 bits per heavy atom. The van der Waals surface area contributed by atoms with Crippen molar-refractivity contribution >= 4 is 11.5 Å². The number of benzene rings is 1. The maximum Gasteiger partial charge on any atom is 0.213 e. The molecule has 0 unspecified atom stereocenters. The maximum absolute atomic E-state index is 5.86. The average Bonchev–Trinajstić information content (AvgIpc) is 3.22. The molecule has 0 bridgehead atoms. The quantitative estimate of drug-likeness (QED) is 0.649. The fourth-order valence-corrected chi connectivity index (χ4v) is 4.30. The van der Waals surface area contributed by atoms with Gasteiger partial charge in [-0.1, -0.05) is 12.1 Å². The van der Waals surface area contributed by atoms with E-state index in [1.54, 1.807) is 19.6 Å². The van der Waals surface area contributed by atoms with E-state index in [1.807, 2.05) is 18.2 Å². The molecule has 0 spiro atoms. The van der Waals surface area contributed by atoms with E-state index >= 15 is 0 Å². The third kappa shape index (κ3) is 3.88. The first-order chi connectivity index (χ1) is 15.1. The summed E-state index contributed by atoms with van der Waals surface area (Å²) in [7, 11) is 1.63. The van der Waals surface area contributed by atoms with Gasteiger partial charge in [0.2, 0.25) is 5.88 Å². The number of ether oxygens (including phenoxy) is 2. The fraction of sp³-hybridized carbons (Fsp3) is 0.333. The molecular weight excluding hydrogens is 390 g/mol. The molecule has 2 atom stereocenters. The molecule has 4 heterocycles. The second-order valence-corrected chi connectivity index (χ2v) is 8.05. The average molecular weight is 415 g/mol. The predicted octanol–water partition coefficient (Wildman–Crippen LogP) is 3.51. The Morgan fingerprint density at radius 3 is 2.58 bits per heavy atom. The summed E-state index contributed by atoms with van der Waals surface area (Å²) in [4.78, 5) is 20.4. The molecule has 2 aromatic heterocycles. The lowest BCUT2D eigenvalue weighted by Gasteiger charge is -2.36. The Balaban J connectivity index is 1.47. The number of fused-ring (bicyclic) bond motifs is 1. The molecule has 7 nitrogen and oxygen atoms in total. The second-order valence-electron chi connectivity index (χ2n) is 8.05. The minimum Gasteiger partial charge on any atom is -0.481 e. The van der Waals surface area contributed by atoms with Crippen molar-refractivity contribution in [2.75, 3.05) is 25.1 Å². The number of aliphatic imine (C=N–C) groups is 1. The second kappa shape index (κ2) is 8.07. The zero-order chi connectivity index (χ0) is 21.4. The van der Waals surface area contributed by atoms with Crippen LogP contribution in [0.2, 0.25) is 0 Å². The normalized spacial score (nSPS) is 20.4. The van der Waals surface area contributed by atoms with Crippen molar-refractivity contribution in [1.82, 2.24) is 15.0 Å². The molecule has 0 saturated carbocycles. The zero-order valence-corrected chi connectivity index (χ0v) is 17.9. The highest BCUT2D eigenvalue weighted by Crippen LogP contribution is 2.30. The molecule has 31 heavy (non-hydrogen) atoms. The minimum absolute atomic E-state index is 0.173. The van der Waals surface area contributed by atoms with E-state index in [4.69, 9.17) is 14.5 Å². The first-order valence-electron chi connectivity index (χ1n) is 10.5. The summed E-state index contributed by atoms with van der Waals surface area (Å²) in [5, 5.41) is 0. The van der Waals surface area contributed by atoms with Gasteiger partial charge in [-0.05, 0) is 42.7 Å². The number of hydrogen-bond acceptors (Lipinski definition) is 7. The van der Waals surface area contributed by atoms with Crippen LogP contribution in [0, 0.1) is 0 Å². The zero-order valence-electron chi connectivity index (χ0n) is 17.9. The van der Waals surface area contributed by atoms with Crippen molar-refractivity contribution in [1.29, 1.82) is 0 Å². The third-order valence-corrected chi connectivity index (χ3v) is 5.69. The summed E-state index contributed by atoms with van der Waals surface area (Å²) in [6, 6.07) is 12.4. The summed E-state index contributed by atoms with van der Waals surface area (Å²) >= 11 is 0. The van der Waals surface area contributed by atoms with Crippen molar-refractivity contribution in [3.63, 3.8) is 0 Å². The van der Waals surface area contributed by atoms with Gasteiger partial charge in [0, 0.05) is 37.0 Å². The molecular formula is C24H25N5O2. The van der Waals surface area contributed by atoms with Crippen LogP contribution in [-0.2, 0) is 11.3 Å². The Labute approximate surface area is 181 Å². The third-order valence-electron chi connectivity index (χ3n) is 5.69. The van der Waals surface area contributed by atoms with E-state index in [9.17, 15) is 0 Å². The van der Waals surface area contributed by atoms with Gasteiger partial charge in [0.1, 0.15) is 12.1 Å². The van der Waals surface area contributed by atoms with Gasteiger partial charge in [0.25, 0.3) is 0 Å². The van der Waals surface area contributed by atoms with Gasteiger partial charge in [-0.25, -0.2) is 15.0 Å². The molecule has 2 aliphatic rings. The molecule has 3 aromatic rings. The van der Waals surface area contributed by atoms with Crippen LogP contribution in [0.4, 0.5) is 5.82 Å². The van der Waals surface area contributed by atoms with Crippen LogP contribution in [0.3, 0.4) is 0 Å². The van der Waals surface area contributed by atoms with Crippen molar-refractivity contribution in [2.24, 2.45) is 4.99 Å². The van der Waals surface area contributed by atoms with Crippen molar-refractivity contribution in [3.05, 3.63) is 65.7 Å². The van der Waals surface area contributed by atoms with Crippen LogP contribution in [0.15, 0.2) is 53.9 Å². The number of methoxy groups -OCH3 is 1. The van der Waals surface area contributed by atoms with Crippen LogP contribution in [0.5, 0.6) is 5.88 Å². The predicted molar refractivity (Wildman–Crippen MR) is 120 cm³/mol. The van der Waals surface area contributed by atoms with Gasteiger partial charge < -0.3 is 14.4 Å². The van der Waals surface area contributed by atoms with Gasteiger partial charge >= 0.3 is 0 Å². The van der Waals surface area contributed by atoms with Crippen LogP contribution >= 0.6 is 0 Å². The lowest BCUT2D eigenvalue weighted by atomic mass is 9.97. The maximum atomic E-state index is 5.86. The lowest BCUT2D eigenvalue weighted by Crippen LogP contribution is -2.45. The Morgan fingerprint density at radius 2 is 1.77 bits per heavy atom. The molecule has 1 aromatic carbocycles. The molecule has 5 rings (SSSR count). The Hall–Kier alpha value is -3.32. The van der Waals surface area contributed by atoms with Gasteiger partial charge in [-0.2, -0.15) is 0 Å². The molecule has 0 radical (unpaired) electrons. The van der Waals surface area contributed by atoms with Gasteiger partial charge in [-0.3, -0.25) is 4.99 Å². The summed E-state index contributed by atoms with van der Waals surface area (Å²) in [5.41, 5.74) is 6.23. The van der Waals surface area contributed by atoms with E-state index in [1.165, 1.54) is 5.56 Å². The summed E-state index contributed by atoms with van der Waals surface area (Å²) in [6.45, 7) is 6.49. The molecule has 7 heteroatoms. The standard InChI is InChI=1S/C24H25N5O2/c1-15-12-29(13-16(2)31-15)22-10-21(27-14-28-22)24-20-8-17(4-5-19(20)11-26-24)18-6-7-25-23(9-18)30-3/h4-10,14-16H,11-13H2,1-3H3/t15-,16+. The van der Waals surface area contributed by atoms with E-state index < -0.39 is 0 Å². The van der Waals surface area contributed by atoms with Crippen molar-refractivity contribution in [3.8, 4) is 17.0 Å². The largest absolute Gasteiger partial charge is 0.481 e. The Bertz CT molecular complexity index is 1140. The van der Waals surface area contributed by atoms with E-state index in [-0.39, 0.29) is 12.2 Å². The van der Waals surface area contributed by atoms with Crippen molar-refractivity contribution < 1.29 is 9.47 Å². The van der Waals surface area contributed by atoms with Crippen LogP contribution in [-0.4, -0.2) is 53.1 Å². The molecule has 0 N–H and O–H groups in total. The van der Waals surface area contributed by atoms with Crippen molar-refractivity contribution in [2.45, 2.75) is 32.6 Å². The highest BCUT2D eigenvalue weighted by molar-refractivity contribution is 6.14. The monoisotopic (exact) mass is 415 g/mol. The number of pyridine rings is 1. The highest BCUT2D eigenvalue weighted by atomic mass is 16.5. The fourth-order valence-electron chi connectivity index (χ4n) is 4.30. The molecule has 1 fully saturated rings. The first kappa shape index (κ1) is 19.6. The van der Waals surface area contributed by atoms with E-state index in [0.29, 0.717) is 12.4 Å². The SMILES string of the molecule is COc1cc(-c2ccc3c(c2)C(c2cc(N4C[C@@H](C)O[C@@H](C)C4)ncn2)=NC3)ccn1. The minimum atomic E-state index is 0.173. The van der Waals surface area contributed by atoms with E-state index in [0.717, 1.165) is 47.0 Å². The lowest BCUT2D eigenvalue weighted by molar-refractivity contribution is -0.00546. The van der Waals surface area contributed by atoms with Crippen LogP contribution < -0.4 is 9.64 Å². The van der Waals surface area contributed by atoms with Gasteiger partial charge in [0.15, 0.2) is 0 Å².